The van der Waals surface area contributed by atoms with E-state index in [4.69, 9.17) is 23.8 Å². The zero-order valence-electron chi connectivity index (χ0n) is 11.1. The van der Waals surface area contributed by atoms with Gasteiger partial charge in [-0.2, -0.15) is 0 Å². The second-order valence-corrected chi connectivity index (χ2v) is 5.17. The van der Waals surface area contributed by atoms with Crippen LogP contribution in [0.1, 0.15) is 38.2 Å². The number of unbranched alkanes of at least 4 members (excludes halogenated alkanes) is 3. The van der Waals surface area contributed by atoms with Crippen molar-refractivity contribution in [3.8, 4) is 0 Å². The number of benzene rings is 1. The van der Waals surface area contributed by atoms with Gasteiger partial charge in [0, 0.05) is 17.3 Å². The number of anilines is 1. The summed E-state index contributed by atoms with van der Waals surface area (Å²) >= 11 is 11.3. The summed E-state index contributed by atoms with van der Waals surface area (Å²) in [7, 11) is 0. The number of nitrogens with one attached hydrogen (secondary N) is 2. The Kier molecular flexibility index (Phi) is 7.06. The lowest BCUT2D eigenvalue weighted by molar-refractivity contribution is 0.655. The second-order valence-electron chi connectivity index (χ2n) is 4.35. The summed E-state index contributed by atoms with van der Waals surface area (Å²) in [5, 5.41) is 7.81. The first-order valence-electron chi connectivity index (χ1n) is 6.45. The molecule has 0 aliphatic rings. The van der Waals surface area contributed by atoms with Gasteiger partial charge in [-0.1, -0.05) is 43.9 Å². The first-order chi connectivity index (χ1) is 8.65. The monoisotopic (exact) mass is 284 g/mol. The number of hydrogen-bond donors (Lipinski definition) is 2. The molecule has 0 saturated heterocycles. The zero-order valence-corrected chi connectivity index (χ0v) is 12.6. The highest BCUT2D eigenvalue weighted by Gasteiger charge is 2.03. The van der Waals surface area contributed by atoms with Crippen LogP contribution in [0, 0.1) is 6.92 Å². The fourth-order valence-electron chi connectivity index (χ4n) is 1.66. The highest BCUT2D eigenvalue weighted by Crippen LogP contribution is 2.22. The normalized spacial score (nSPS) is 10.2. The topological polar surface area (TPSA) is 24.1 Å². The molecule has 0 aliphatic carbocycles. The Balaban J connectivity index is 2.34. The van der Waals surface area contributed by atoms with Gasteiger partial charge in [0.2, 0.25) is 0 Å². The molecule has 100 valence electrons. The van der Waals surface area contributed by atoms with Gasteiger partial charge >= 0.3 is 0 Å². The molecule has 2 N–H and O–H groups in total. The molecular weight excluding hydrogens is 264 g/mol. The lowest BCUT2D eigenvalue weighted by Gasteiger charge is -2.13. The summed E-state index contributed by atoms with van der Waals surface area (Å²) in [6.45, 7) is 5.11. The maximum atomic E-state index is 6.06. The lowest BCUT2D eigenvalue weighted by Crippen LogP contribution is -2.29. The number of rotatable bonds is 6. The molecule has 0 aliphatic heterocycles. The molecule has 2 nitrogen and oxygen atoms in total. The van der Waals surface area contributed by atoms with Crippen LogP contribution in [-0.4, -0.2) is 11.7 Å². The highest BCUT2D eigenvalue weighted by molar-refractivity contribution is 7.80. The quantitative estimate of drug-likeness (QED) is 0.593. The predicted molar refractivity (Wildman–Crippen MR) is 84.6 cm³/mol. The summed E-state index contributed by atoms with van der Waals surface area (Å²) in [5.74, 6) is 0. The predicted octanol–water partition coefficient (Wildman–Crippen LogP) is 4.52. The largest absolute Gasteiger partial charge is 0.362 e. The molecule has 0 amide bonds. The summed E-state index contributed by atoms with van der Waals surface area (Å²) in [6.07, 6.45) is 4.95. The fourth-order valence-corrected chi connectivity index (χ4v) is 2.05. The molecule has 0 aromatic heterocycles. The van der Waals surface area contributed by atoms with Gasteiger partial charge in [-0.15, -0.1) is 0 Å². The Labute approximate surface area is 120 Å². The molecule has 0 radical (unpaired) electrons. The summed E-state index contributed by atoms with van der Waals surface area (Å²) in [5.41, 5.74) is 1.99. The second kappa shape index (κ2) is 8.33. The van der Waals surface area contributed by atoms with Crippen LogP contribution in [0.25, 0.3) is 0 Å². The van der Waals surface area contributed by atoms with E-state index in [1.165, 1.54) is 19.3 Å². The van der Waals surface area contributed by atoms with E-state index < -0.39 is 0 Å². The minimum atomic E-state index is 0.664. The lowest BCUT2D eigenvalue weighted by atomic mass is 10.2. The van der Waals surface area contributed by atoms with Gasteiger partial charge in [-0.25, -0.2) is 0 Å². The summed E-state index contributed by atoms with van der Waals surface area (Å²) in [4.78, 5) is 0. The van der Waals surface area contributed by atoms with Crippen molar-refractivity contribution in [2.45, 2.75) is 39.5 Å². The van der Waals surface area contributed by atoms with Crippen LogP contribution < -0.4 is 10.6 Å². The van der Waals surface area contributed by atoms with Crippen LogP contribution in [-0.2, 0) is 0 Å². The Hall–Kier alpha value is -0.800. The van der Waals surface area contributed by atoms with Crippen molar-refractivity contribution in [3.63, 3.8) is 0 Å². The summed E-state index contributed by atoms with van der Waals surface area (Å²) < 4.78 is 0. The molecular formula is C14H21ClN2S. The van der Waals surface area contributed by atoms with Crippen LogP contribution in [0.15, 0.2) is 18.2 Å². The van der Waals surface area contributed by atoms with Gasteiger partial charge in [-0.05, 0) is 43.3 Å². The van der Waals surface area contributed by atoms with Crippen molar-refractivity contribution in [1.29, 1.82) is 0 Å². The van der Waals surface area contributed by atoms with Crippen LogP contribution in [0.4, 0.5) is 5.69 Å². The molecule has 1 aromatic rings. The van der Waals surface area contributed by atoms with Crippen molar-refractivity contribution in [2.24, 2.45) is 0 Å². The first-order valence-corrected chi connectivity index (χ1v) is 7.23. The van der Waals surface area contributed by atoms with E-state index in [-0.39, 0.29) is 0 Å². The van der Waals surface area contributed by atoms with Gasteiger partial charge in [0.05, 0.1) is 0 Å². The molecule has 0 heterocycles. The number of thiocarbonyl (C=S) groups is 1. The van der Waals surface area contributed by atoms with Gasteiger partial charge in [0.25, 0.3) is 0 Å². The van der Waals surface area contributed by atoms with Gasteiger partial charge < -0.3 is 10.6 Å². The molecule has 4 heteroatoms. The third kappa shape index (κ3) is 5.23. The average molecular weight is 285 g/mol. The smallest absolute Gasteiger partial charge is 0.170 e. The molecule has 0 fully saturated rings. The van der Waals surface area contributed by atoms with Crippen molar-refractivity contribution in [3.05, 3.63) is 28.8 Å². The van der Waals surface area contributed by atoms with E-state index in [2.05, 4.69) is 17.6 Å². The number of halogens is 1. The molecule has 0 saturated carbocycles. The average Bonchev–Trinajstić information content (AvgIpc) is 2.35. The molecule has 18 heavy (non-hydrogen) atoms. The van der Waals surface area contributed by atoms with E-state index in [1.54, 1.807) is 0 Å². The SMILES string of the molecule is CCCCCCNC(=S)Nc1cccc(Cl)c1C. The van der Waals surface area contributed by atoms with Gasteiger partial charge in [-0.3, -0.25) is 0 Å². The van der Waals surface area contributed by atoms with Crippen molar-refractivity contribution in [2.75, 3.05) is 11.9 Å². The van der Waals surface area contributed by atoms with Crippen molar-refractivity contribution in [1.82, 2.24) is 5.32 Å². The van der Waals surface area contributed by atoms with E-state index in [0.29, 0.717) is 5.11 Å². The van der Waals surface area contributed by atoms with E-state index in [9.17, 15) is 0 Å². The van der Waals surface area contributed by atoms with Crippen LogP contribution in [0.3, 0.4) is 0 Å². The van der Waals surface area contributed by atoms with Gasteiger partial charge in [0.15, 0.2) is 5.11 Å². The summed E-state index contributed by atoms with van der Waals surface area (Å²) in [6, 6.07) is 5.77. The van der Waals surface area contributed by atoms with E-state index in [0.717, 1.165) is 29.2 Å². The Morgan fingerprint density at radius 3 is 2.78 bits per heavy atom. The van der Waals surface area contributed by atoms with Crippen molar-refractivity contribution < 1.29 is 0 Å². The Morgan fingerprint density at radius 1 is 1.28 bits per heavy atom. The molecule has 0 spiro atoms. The standard InChI is InChI=1S/C14H21ClN2S/c1-3-4-5-6-10-16-14(18)17-13-9-7-8-12(15)11(13)2/h7-9H,3-6,10H2,1-2H3,(H2,16,17,18). The maximum Gasteiger partial charge on any atom is 0.170 e. The van der Waals surface area contributed by atoms with Crippen LogP contribution >= 0.6 is 23.8 Å². The van der Waals surface area contributed by atoms with Crippen LogP contribution in [0.5, 0.6) is 0 Å². The molecule has 0 bridgehead atoms. The maximum absolute atomic E-state index is 6.06. The first kappa shape index (κ1) is 15.3. The molecule has 0 unspecified atom stereocenters. The zero-order chi connectivity index (χ0) is 13.4. The Morgan fingerprint density at radius 2 is 2.06 bits per heavy atom. The number of hydrogen-bond acceptors (Lipinski definition) is 1. The third-order valence-electron chi connectivity index (χ3n) is 2.83. The fraction of sp³-hybridized carbons (Fsp3) is 0.500. The Bertz CT molecular complexity index is 393. The van der Waals surface area contributed by atoms with Crippen molar-refractivity contribution >= 4 is 34.6 Å². The third-order valence-corrected chi connectivity index (χ3v) is 3.49. The molecule has 1 aromatic carbocycles. The minimum Gasteiger partial charge on any atom is -0.362 e. The molecule has 0 atom stereocenters. The van der Waals surface area contributed by atoms with E-state index in [1.807, 2.05) is 25.1 Å². The van der Waals surface area contributed by atoms with Crippen LogP contribution in [0.2, 0.25) is 5.02 Å². The minimum absolute atomic E-state index is 0.664. The van der Waals surface area contributed by atoms with Gasteiger partial charge in [0.1, 0.15) is 0 Å². The van der Waals surface area contributed by atoms with E-state index >= 15 is 0 Å². The molecule has 1 rings (SSSR count). The highest BCUT2D eigenvalue weighted by atomic mass is 35.5.